The number of aromatic amines is 1. The first-order chi connectivity index (χ1) is 15.0. The average Bonchev–Trinajstić information content (AvgIpc) is 3.22. The number of rotatable bonds is 6. The molecule has 1 amide bonds. The number of esters is 1. The molecule has 0 spiro atoms. The number of anilines is 1. The second kappa shape index (κ2) is 8.67. The monoisotopic (exact) mass is 412 g/mol. The number of Topliss-reactive ketones (excluding diaryl/α,β-unsaturated/α-hetero) is 1. The van der Waals surface area contributed by atoms with Crippen LogP contribution in [0.5, 0.6) is 0 Å². The van der Waals surface area contributed by atoms with Crippen LogP contribution in [-0.2, 0) is 9.53 Å². The zero-order valence-corrected chi connectivity index (χ0v) is 16.8. The average molecular weight is 412 g/mol. The van der Waals surface area contributed by atoms with Gasteiger partial charge in [-0.1, -0.05) is 48.5 Å². The normalized spacial score (nSPS) is 11.6. The number of carbonyl (C=O) groups is 3. The predicted octanol–water partition coefficient (Wildman–Crippen LogP) is 4.91. The molecule has 6 heteroatoms. The largest absolute Gasteiger partial charge is 0.445 e. The van der Waals surface area contributed by atoms with Crippen LogP contribution >= 0.6 is 0 Å². The van der Waals surface area contributed by atoms with Crippen molar-refractivity contribution in [3.8, 4) is 0 Å². The fourth-order valence-electron chi connectivity index (χ4n) is 3.39. The van der Waals surface area contributed by atoms with E-state index in [-0.39, 0.29) is 17.3 Å². The summed E-state index contributed by atoms with van der Waals surface area (Å²) in [6.45, 7) is 1.41. The highest BCUT2D eigenvalue weighted by molar-refractivity contribution is 6.11. The predicted molar refractivity (Wildman–Crippen MR) is 118 cm³/mol. The van der Waals surface area contributed by atoms with Crippen LogP contribution in [0.4, 0.5) is 5.69 Å². The van der Waals surface area contributed by atoms with Crippen molar-refractivity contribution >= 4 is 34.3 Å². The maximum absolute atomic E-state index is 13.4. The lowest BCUT2D eigenvalue weighted by atomic mass is 9.99. The lowest BCUT2D eigenvalue weighted by molar-refractivity contribution is -0.114. The first-order valence-electron chi connectivity index (χ1n) is 9.77. The standard InChI is InChI=1S/C25H20N2O4/c1-16(28)27-19-13-11-18(12-14-19)25(30)31-24(17-7-3-2-4-8-17)23(29)21-15-26-22-10-6-5-9-20(21)22/h2-15,24,26H,1H3,(H,27,28). The summed E-state index contributed by atoms with van der Waals surface area (Å²) in [5.74, 6) is -1.15. The van der Waals surface area contributed by atoms with Crippen LogP contribution in [0.2, 0.25) is 0 Å². The first-order valence-corrected chi connectivity index (χ1v) is 9.77. The second-order valence-electron chi connectivity index (χ2n) is 7.07. The smallest absolute Gasteiger partial charge is 0.339 e. The summed E-state index contributed by atoms with van der Waals surface area (Å²) in [7, 11) is 0. The van der Waals surface area contributed by atoms with Crippen LogP contribution in [0.3, 0.4) is 0 Å². The van der Waals surface area contributed by atoms with Gasteiger partial charge < -0.3 is 15.0 Å². The van der Waals surface area contributed by atoms with Crippen LogP contribution in [0, 0.1) is 0 Å². The van der Waals surface area contributed by atoms with Gasteiger partial charge in [0, 0.05) is 40.8 Å². The molecule has 3 aromatic carbocycles. The zero-order chi connectivity index (χ0) is 21.8. The summed E-state index contributed by atoms with van der Waals surface area (Å²) in [4.78, 5) is 40.5. The molecular weight excluding hydrogens is 392 g/mol. The fraction of sp³-hybridized carbons (Fsp3) is 0.0800. The molecule has 1 heterocycles. The van der Waals surface area contributed by atoms with Crippen LogP contribution in [0.25, 0.3) is 10.9 Å². The Hall–Kier alpha value is -4.19. The highest BCUT2D eigenvalue weighted by Crippen LogP contribution is 2.28. The molecule has 1 aromatic heterocycles. The Morgan fingerprint density at radius 2 is 1.55 bits per heavy atom. The minimum atomic E-state index is -1.09. The van der Waals surface area contributed by atoms with Crippen LogP contribution in [0.15, 0.2) is 85.1 Å². The number of hydrogen-bond acceptors (Lipinski definition) is 4. The lowest BCUT2D eigenvalue weighted by Gasteiger charge is -2.17. The summed E-state index contributed by atoms with van der Waals surface area (Å²) in [6, 6.07) is 22.7. The first kappa shape index (κ1) is 20.1. The molecule has 6 nitrogen and oxygen atoms in total. The number of amides is 1. The second-order valence-corrected chi connectivity index (χ2v) is 7.07. The van der Waals surface area contributed by atoms with Crippen molar-refractivity contribution in [2.45, 2.75) is 13.0 Å². The molecule has 0 radical (unpaired) electrons. The number of benzene rings is 3. The van der Waals surface area contributed by atoms with Gasteiger partial charge in [-0.3, -0.25) is 9.59 Å². The SMILES string of the molecule is CC(=O)Nc1ccc(C(=O)OC(C(=O)c2c[nH]c3ccccc23)c2ccccc2)cc1. The quantitative estimate of drug-likeness (QED) is 0.348. The molecule has 154 valence electrons. The van der Waals surface area contributed by atoms with E-state index in [9.17, 15) is 14.4 Å². The Labute approximate surface area is 178 Å². The Morgan fingerprint density at radius 1 is 0.871 bits per heavy atom. The number of carbonyl (C=O) groups excluding carboxylic acids is 3. The molecule has 0 aliphatic rings. The molecule has 4 rings (SSSR count). The maximum Gasteiger partial charge on any atom is 0.339 e. The highest BCUT2D eigenvalue weighted by Gasteiger charge is 2.28. The van der Waals surface area contributed by atoms with E-state index in [4.69, 9.17) is 4.74 Å². The van der Waals surface area contributed by atoms with E-state index < -0.39 is 12.1 Å². The van der Waals surface area contributed by atoms with Gasteiger partial charge in [0.25, 0.3) is 0 Å². The Morgan fingerprint density at radius 3 is 2.26 bits per heavy atom. The highest BCUT2D eigenvalue weighted by atomic mass is 16.5. The topological polar surface area (TPSA) is 88.3 Å². The summed E-state index contributed by atoms with van der Waals surface area (Å²) in [5, 5.41) is 3.41. The van der Waals surface area contributed by atoms with Gasteiger partial charge in [0.15, 0.2) is 6.10 Å². The Kier molecular flexibility index (Phi) is 5.62. The molecule has 1 unspecified atom stereocenters. The Balaban J connectivity index is 1.64. The van der Waals surface area contributed by atoms with E-state index in [1.54, 1.807) is 54.7 Å². The van der Waals surface area contributed by atoms with E-state index in [2.05, 4.69) is 10.3 Å². The fourth-order valence-corrected chi connectivity index (χ4v) is 3.39. The molecule has 2 N–H and O–H groups in total. The minimum absolute atomic E-state index is 0.205. The van der Waals surface area contributed by atoms with Crippen molar-refractivity contribution in [1.29, 1.82) is 0 Å². The summed E-state index contributed by atoms with van der Waals surface area (Å²) >= 11 is 0. The van der Waals surface area contributed by atoms with E-state index in [0.29, 0.717) is 16.8 Å². The molecule has 0 aliphatic heterocycles. The van der Waals surface area contributed by atoms with Gasteiger partial charge in [-0.25, -0.2) is 4.79 Å². The number of para-hydroxylation sites is 1. The molecule has 1 atom stereocenters. The van der Waals surface area contributed by atoms with Gasteiger partial charge in [-0.15, -0.1) is 0 Å². The number of H-pyrrole nitrogens is 1. The summed E-state index contributed by atoms with van der Waals surface area (Å²) in [6.07, 6.45) is 0.543. The van der Waals surface area contributed by atoms with Crippen molar-refractivity contribution in [2.75, 3.05) is 5.32 Å². The van der Waals surface area contributed by atoms with E-state index in [1.807, 2.05) is 30.3 Å². The van der Waals surface area contributed by atoms with Crippen LogP contribution < -0.4 is 5.32 Å². The molecule has 0 saturated heterocycles. The summed E-state index contributed by atoms with van der Waals surface area (Å²) in [5.41, 5.74) is 2.72. The van der Waals surface area contributed by atoms with Gasteiger partial charge in [0.1, 0.15) is 0 Å². The van der Waals surface area contributed by atoms with Crippen molar-refractivity contribution in [3.63, 3.8) is 0 Å². The summed E-state index contributed by atoms with van der Waals surface area (Å²) < 4.78 is 5.69. The molecule has 0 fully saturated rings. The van der Waals surface area contributed by atoms with Crippen molar-refractivity contribution in [2.24, 2.45) is 0 Å². The molecule has 4 aromatic rings. The number of hydrogen-bond donors (Lipinski definition) is 2. The van der Waals surface area contributed by atoms with Gasteiger partial charge in [-0.2, -0.15) is 0 Å². The molecule has 0 aliphatic carbocycles. The lowest BCUT2D eigenvalue weighted by Crippen LogP contribution is -2.20. The Bertz CT molecular complexity index is 1240. The molecule has 31 heavy (non-hydrogen) atoms. The van der Waals surface area contributed by atoms with Crippen molar-refractivity contribution in [3.05, 3.63) is 102 Å². The van der Waals surface area contributed by atoms with E-state index in [1.165, 1.54) is 6.92 Å². The molecular formula is C25H20N2O4. The van der Waals surface area contributed by atoms with Gasteiger partial charge in [0.05, 0.1) is 5.56 Å². The van der Waals surface area contributed by atoms with Crippen LogP contribution in [-0.4, -0.2) is 22.6 Å². The number of fused-ring (bicyclic) bond motifs is 1. The number of nitrogens with one attached hydrogen (secondary N) is 2. The third-order valence-corrected chi connectivity index (χ3v) is 4.86. The minimum Gasteiger partial charge on any atom is -0.445 e. The molecule has 0 bridgehead atoms. The van der Waals surface area contributed by atoms with E-state index in [0.717, 1.165) is 10.9 Å². The van der Waals surface area contributed by atoms with Gasteiger partial charge in [0.2, 0.25) is 11.7 Å². The number of ketones is 1. The molecule has 0 saturated carbocycles. The van der Waals surface area contributed by atoms with Gasteiger partial charge >= 0.3 is 5.97 Å². The van der Waals surface area contributed by atoms with E-state index >= 15 is 0 Å². The maximum atomic E-state index is 13.4. The van der Waals surface area contributed by atoms with Gasteiger partial charge in [-0.05, 0) is 30.3 Å². The third-order valence-electron chi connectivity index (χ3n) is 4.86. The third kappa shape index (κ3) is 4.38. The zero-order valence-electron chi connectivity index (χ0n) is 16.8. The number of aromatic nitrogens is 1. The van der Waals surface area contributed by atoms with Crippen molar-refractivity contribution in [1.82, 2.24) is 4.98 Å². The van der Waals surface area contributed by atoms with Crippen molar-refractivity contribution < 1.29 is 19.1 Å². The van der Waals surface area contributed by atoms with Crippen LogP contribution in [0.1, 0.15) is 39.3 Å². The number of ether oxygens (including phenoxy) is 1.